The molecule has 0 aliphatic carbocycles. The van der Waals surface area contributed by atoms with E-state index in [9.17, 15) is 19.5 Å². The van der Waals surface area contributed by atoms with E-state index in [1.54, 1.807) is 22.0 Å². The van der Waals surface area contributed by atoms with Crippen LogP contribution in [0.3, 0.4) is 0 Å². The van der Waals surface area contributed by atoms with E-state index in [2.05, 4.69) is 36.0 Å². The van der Waals surface area contributed by atoms with E-state index < -0.39 is 35.6 Å². The monoisotopic (exact) mass is 568 g/mol. The summed E-state index contributed by atoms with van der Waals surface area (Å²) in [7, 11) is 0. The number of aliphatic hydroxyl groups excluding tert-OH is 1. The van der Waals surface area contributed by atoms with Crippen LogP contribution in [-0.2, 0) is 23.9 Å². The first-order valence-electron chi connectivity index (χ1n) is 13.3. The number of likely N-dealkylation sites (tertiary alicyclic amines) is 1. The summed E-state index contributed by atoms with van der Waals surface area (Å²) in [6.45, 7) is 11.3. The third-order valence-corrected chi connectivity index (χ3v) is 8.44. The Kier molecular flexibility index (Phi) is 10.6. The van der Waals surface area contributed by atoms with Crippen molar-refractivity contribution in [1.29, 1.82) is 0 Å². The Bertz CT molecular complexity index is 822. The molecule has 3 saturated heterocycles. The SMILES string of the molecule is C=CCCCOC(=O)[C@H]1[C@@H]2OC3(CC2Br)C(C(=O)N(CC=C)CCCC)N(CCCCCO)C(=O)[C@H]13. The smallest absolute Gasteiger partial charge is 0.312 e. The van der Waals surface area contributed by atoms with Crippen LogP contribution in [0.1, 0.15) is 58.3 Å². The molecule has 0 aromatic carbocycles. The number of ether oxygens (including phenoxy) is 2. The quantitative estimate of drug-likeness (QED) is 0.133. The van der Waals surface area contributed by atoms with Crippen molar-refractivity contribution in [3.8, 4) is 0 Å². The Labute approximate surface area is 223 Å². The fourth-order valence-corrected chi connectivity index (χ4v) is 6.90. The predicted octanol–water partition coefficient (Wildman–Crippen LogP) is 3.22. The number of halogens is 1. The summed E-state index contributed by atoms with van der Waals surface area (Å²) in [5.41, 5.74) is -1.07. The summed E-state index contributed by atoms with van der Waals surface area (Å²) >= 11 is 3.68. The van der Waals surface area contributed by atoms with Crippen molar-refractivity contribution < 1.29 is 29.0 Å². The van der Waals surface area contributed by atoms with Gasteiger partial charge in [-0.1, -0.05) is 41.4 Å². The zero-order valence-electron chi connectivity index (χ0n) is 21.4. The van der Waals surface area contributed by atoms with Crippen molar-refractivity contribution in [2.45, 2.75) is 80.9 Å². The summed E-state index contributed by atoms with van der Waals surface area (Å²) in [4.78, 5) is 44.5. The van der Waals surface area contributed by atoms with E-state index in [0.717, 1.165) is 25.7 Å². The summed E-state index contributed by atoms with van der Waals surface area (Å²) in [6, 6.07) is -0.801. The van der Waals surface area contributed by atoms with Gasteiger partial charge in [-0.05, 0) is 44.9 Å². The highest BCUT2D eigenvalue weighted by Crippen LogP contribution is 2.60. The highest BCUT2D eigenvalue weighted by atomic mass is 79.9. The summed E-state index contributed by atoms with van der Waals surface area (Å²) in [6.07, 6.45) is 8.66. The molecule has 0 aromatic rings. The van der Waals surface area contributed by atoms with E-state index >= 15 is 0 Å². The maximum Gasteiger partial charge on any atom is 0.312 e. The molecular weight excluding hydrogens is 528 g/mol. The number of carbonyl (C=O) groups excluding carboxylic acids is 3. The predicted molar refractivity (Wildman–Crippen MR) is 140 cm³/mol. The summed E-state index contributed by atoms with van der Waals surface area (Å²) in [5.74, 6) is -2.29. The second kappa shape index (κ2) is 13.2. The van der Waals surface area contributed by atoms with Crippen LogP contribution >= 0.6 is 15.9 Å². The molecule has 202 valence electrons. The Morgan fingerprint density at radius 3 is 2.69 bits per heavy atom. The fraction of sp³-hybridized carbons (Fsp3) is 0.741. The molecule has 1 N–H and O–H groups in total. The molecule has 9 heteroatoms. The van der Waals surface area contributed by atoms with Crippen molar-refractivity contribution in [2.24, 2.45) is 11.8 Å². The number of aliphatic hydroxyl groups is 1. The van der Waals surface area contributed by atoms with E-state index in [1.165, 1.54) is 0 Å². The number of esters is 1. The number of hydrogen-bond donors (Lipinski definition) is 1. The van der Waals surface area contributed by atoms with Gasteiger partial charge in [-0.3, -0.25) is 14.4 Å². The number of alkyl halides is 1. The van der Waals surface area contributed by atoms with Crippen LogP contribution in [0.2, 0.25) is 0 Å². The number of unbranched alkanes of at least 4 members (excludes halogenated alkanes) is 4. The summed E-state index contributed by atoms with van der Waals surface area (Å²) in [5, 5.41) is 9.18. The van der Waals surface area contributed by atoms with Gasteiger partial charge in [0.25, 0.3) is 0 Å². The highest BCUT2D eigenvalue weighted by molar-refractivity contribution is 9.09. The average Bonchev–Trinajstić information content (AvgIpc) is 3.45. The minimum absolute atomic E-state index is 0.0861. The van der Waals surface area contributed by atoms with Crippen molar-refractivity contribution in [1.82, 2.24) is 9.80 Å². The Morgan fingerprint density at radius 2 is 2.03 bits per heavy atom. The van der Waals surface area contributed by atoms with Gasteiger partial charge >= 0.3 is 5.97 Å². The fourth-order valence-electron chi connectivity index (χ4n) is 5.96. The first kappa shape index (κ1) is 28.9. The second-order valence-corrected chi connectivity index (χ2v) is 11.2. The van der Waals surface area contributed by atoms with Gasteiger partial charge in [0, 0.05) is 31.1 Å². The Balaban J connectivity index is 1.92. The van der Waals surface area contributed by atoms with Crippen molar-refractivity contribution in [3.05, 3.63) is 25.3 Å². The third kappa shape index (κ3) is 5.58. The van der Waals surface area contributed by atoms with Crippen LogP contribution in [0.25, 0.3) is 0 Å². The average molecular weight is 570 g/mol. The lowest BCUT2D eigenvalue weighted by Crippen LogP contribution is -2.57. The van der Waals surface area contributed by atoms with Gasteiger partial charge in [-0.25, -0.2) is 0 Å². The molecule has 2 amide bonds. The molecule has 0 radical (unpaired) electrons. The zero-order valence-corrected chi connectivity index (χ0v) is 23.0. The molecule has 3 fully saturated rings. The van der Waals surface area contributed by atoms with Crippen LogP contribution in [-0.4, -0.2) is 88.1 Å². The Hall–Kier alpha value is -1.71. The van der Waals surface area contributed by atoms with Crippen molar-refractivity contribution >= 4 is 33.7 Å². The van der Waals surface area contributed by atoms with Gasteiger partial charge in [-0.2, -0.15) is 0 Å². The molecule has 3 heterocycles. The van der Waals surface area contributed by atoms with Crippen LogP contribution in [0, 0.1) is 11.8 Å². The van der Waals surface area contributed by atoms with Gasteiger partial charge < -0.3 is 24.4 Å². The largest absolute Gasteiger partial charge is 0.465 e. The lowest BCUT2D eigenvalue weighted by atomic mass is 9.70. The molecule has 0 aromatic heterocycles. The van der Waals surface area contributed by atoms with E-state index in [4.69, 9.17) is 9.47 Å². The first-order valence-corrected chi connectivity index (χ1v) is 14.2. The number of amides is 2. The Morgan fingerprint density at radius 1 is 1.25 bits per heavy atom. The lowest BCUT2D eigenvalue weighted by molar-refractivity contribution is -0.155. The van der Waals surface area contributed by atoms with Gasteiger partial charge in [0.05, 0.1) is 24.5 Å². The van der Waals surface area contributed by atoms with E-state index in [1.807, 2.05) is 0 Å². The number of carbonyl (C=O) groups is 3. The molecular formula is C27H41BrN2O6. The molecule has 1 spiro atoms. The van der Waals surface area contributed by atoms with Crippen LogP contribution in [0.5, 0.6) is 0 Å². The first-order chi connectivity index (χ1) is 17.4. The lowest BCUT2D eigenvalue weighted by Gasteiger charge is -2.37. The van der Waals surface area contributed by atoms with Crippen LogP contribution in [0.4, 0.5) is 0 Å². The number of hydrogen-bond acceptors (Lipinski definition) is 6. The molecule has 3 unspecified atom stereocenters. The minimum Gasteiger partial charge on any atom is -0.465 e. The zero-order chi connectivity index (χ0) is 26.3. The standard InChI is InChI=1S/C27H41BrN2O6/c1-4-7-12-17-35-26(34)20-21-24(32)30(15-10-9-11-16-31)23(27(21)18-19(28)22(20)36-27)25(33)29(13-6-3)14-8-5-2/h4,6,19-23,31H,1,3,5,7-18H2,2H3/t19?,20-,21+,22-,23?,27?/m1/s1. The van der Waals surface area contributed by atoms with Crippen molar-refractivity contribution in [2.75, 3.05) is 32.8 Å². The maximum absolute atomic E-state index is 14.1. The topological polar surface area (TPSA) is 96.4 Å². The third-order valence-electron chi connectivity index (χ3n) is 7.59. The number of rotatable bonds is 16. The molecule has 36 heavy (non-hydrogen) atoms. The van der Waals surface area contributed by atoms with Gasteiger partial charge in [-0.15, -0.1) is 13.2 Å². The van der Waals surface area contributed by atoms with Crippen LogP contribution in [0.15, 0.2) is 25.3 Å². The molecule has 3 aliphatic rings. The van der Waals surface area contributed by atoms with Crippen LogP contribution < -0.4 is 0 Å². The van der Waals surface area contributed by atoms with E-state index in [-0.39, 0.29) is 29.9 Å². The highest BCUT2D eigenvalue weighted by Gasteiger charge is 2.77. The molecule has 0 saturated carbocycles. The van der Waals surface area contributed by atoms with Gasteiger partial charge in [0.1, 0.15) is 11.6 Å². The maximum atomic E-state index is 14.1. The van der Waals surface area contributed by atoms with Gasteiger partial charge in [0.15, 0.2) is 0 Å². The number of allylic oxidation sites excluding steroid dienone is 1. The molecule has 3 rings (SSSR count). The van der Waals surface area contributed by atoms with Crippen molar-refractivity contribution in [3.63, 3.8) is 0 Å². The molecule has 6 atom stereocenters. The normalized spacial score (nSPS) is 30.4. The minimum atomic E-state index is -1.07. The number of nitrogens with zero attached hydrogens (tertiary/aromatic N) is 2. The molecule has 8 nitrogen and oxygen atoms in total. The molecule has 2 bridgehead atoms. The molecule has 3 aliphatic heterocycles. The second-order valence-electron chi connectivity index (χ2n) is 10.0. The van der Waals surface area contributed by atoms with Gasteiger partial charge in [0.2, 0.25) is 11.8 Å². The number of fused-ring (bicyclic) bond motifs is 1. The van der Waals surface area contributed by atoms with E-state index in [0.29, 0.717) is 45.3 Å². The summed E-state index contributed by atoms with van der Waals surface area (Å²) < 4.78 is 12.1.